The second-order valence-corrected chi connectivity index (χ2v) is 9.80. The van der Waals surface area contributed by atoms with Gasteiger partial charge in [0.15, 0.2) is 0 Å². The van der Waals surface area contributed by atoms with E-state index in [0.717, 1.165) is 73.5 Å². The molecule has 0 saturated carbocycles. The van der Waals surface area contributed by atoms with Crippen LogP contribution in [-0.2, 0) is 6.42 Å². The highest BCUT2D eigenvalue weighted by Crippen LogP contribution is 2.34. The number of rotatable bonds is 4. The van der Waals surface area contributed by atoms with Gasteiger partial charge in [0.2, 0.25) is 5.95 Å². The lowest BCUT2D eigenvalue weighted by Gasteiger charge is -2.26. The fourth-order valence-corrected chi connectivity index (χ4v) is 5.21. The topological polar surface area (TPSA) is 57.4 Å². The lowest BCUT2D eigenvalue weighted by atomic mass is 9.93. The molecule has 35 heavy (non-hydrogen) atoms. The number of hydrogen-bond acceptors (Lipinski definition) is 5. The molecule has 5 nitrogen and oxygen atoms in total. The van der Waals surface area contributed by atoms with Crippen LogP contribution in [0.3, 0.4) is 0 Å². The van der Waals surface area contributed by atoms with Gasteiger partial charge in [-0.25, -0.2) is 4.98 Å². The first-order chi connectivity index (χ1) is 16.9. The zero-order valence-electron chi connectivity index (χ0n) is 20.6. The van der Waals surface area contributed by atoms with E-state index in [4.69, 9.17) is 5.73 Å². The smallest absolute Gasteiger partial charge is 0.222 e. The van der Waals surface area contributed by atoms with Crippen molar-refractivity contribution in [3.8, 4) is 22.3 Å². The van der Waals surface area contributed by atoms with E-state index < -0.39 is 5.95 Å². The van der Waals surface area contributed by atoms with Crippen LogP contribution in [0, 0.1) is 5.95 Å². The normalized spacial score (nSPS) is 16.7. The zero-order valence-corrected chi connectivity index (χ0v) is 20.6. The van der Waals surface area contributed by atoms with Crippen LogP contribution in [0.4, 0.5) is 15.9 Å². The minimum atomic E-state index is -0.545. The first-order valence-corrected chi connectivity index (χ1v) is 12.5. The molecule has 3 aromatic rings. The highest BCUT2D eigenvalue weighted by atomic mass is 19.1. The van der Waals surface area contributed by atoms with Crippen molar-refractivity contribution in [2.24, 2.45) is 0 Å². The lowest BCUT2D eigenvalue weighted by Crippen LogP contribution is -2.35. The molecule has 3 N–H and O–H groups in total. The Morgan fingerprint density at radius 1 is 0.943 bits per heavy atom. The third-order valence-corrected chi connectivity index (χ3v) is 7.28. The number of nitrogens with one attached hydrogen (secondary N) is 1. The zero-order chi connectivity index (χ0) is 24.5. The number of benzene rings is 2. The Bertz CT molecular complexity index is 1230. The van der Waals surface area contributed by atoms with E-state index in [9.17, 15) is 4.39 Å². The number of aromatic nitrogens is 1. The molecule has 3 heterocycles. The van der Waals surface area contributed by atoms with Crippen molar-refractivity contribution in [1.29, 1.82) is 0 Å². The minimum absolute atomic E-state index is 0.204. The largest absolute Gasteiger partial charge is 0.385 e. The third-order valence-electron chi connectivity index (χ3n) is 7.28. The molecule has 1 saturated heterocycles. The van der Waals surface area contributed by atoms with Gasteiger partial charge in [-0.3, -0.25) is 4.90 Å². The van der Waals surface area contributed by atoms with Gasteiger partial charge in [0.05, 0.1) is 0 Å². The summed E-state index contributed by atoms with van der Waals surface area (Å²) in [6.45, 7) is 13.7. The average Bonchev–Trinajstić information content (AvgIpc) is 3.11. The molecule has 0 bridgehead atoms. The van der Waals surface area contributed by atoms with Gasteiger partial charge in [-0.1, -0.05) is 36.9 Å². The first-order valence-electron chi connectivity index (χ1n) is 12.5. The molecule has 1 fully saturated rings. The SMILES string of the molecule is C=C1NCCc2cc(-c3cc(-c4ccc(N5CCCN(C(C)C)CC5)cc4)c(F)nc3N)ccc21. The number of nitrogens with zero attached hydrogens (tertiary/aromatic N) is 3. The maximum Gasteiger partial charge on any atom is 0.222 e. The second-order valence-electron chi connectivity index (χ2n) is 9.80. The molecule has 0 unspecified atom stereocenters. The quantitative estimate of drug-likeness (QED) is 0.514. The van der Waals surface area contributed by atoms with Gasteiger partial charge < -0.3 is 16.0 Å². The van der Waals surface area contributed by atoms with Gasteiger partial charge in [-0.2, -0.15) is 4.39 Å². The van der Waals surface area contributed by atoms with E-state index in [1.165, 1.54) is 11.3 Å². The summed E-state index contributed by atoms with van der Waals surface area (Å²) < 4.78 is 15.0. The molecule has 0 amide bonds. The lowest BCUT2D eigenvalue weighted by molar-refractivity contribution is 0.238. The molecule has 2 aromatic carbocycles. The molecule has 0 spiro atoms. The highest BCUT2D eigenvalue weighted by molar-refractivity contribution is 5.82. The monoisotopic (exact) mass is 471 g/mol. The molecule has 6 heteroatoms. The van der Waals surface area contributed by atoms with Crippen LogP contribution in [0.5, 0.6) is 0 Å². The number of nitrogens with two attached hydrogens (primary N) is 1. The standard InChI is InChI=1S/C29H34FN5/c1-19(2)34-13-4-14-35(16-15-34)24-8-5-21(6-9-24)26-18-27(29(31)33-28(26)30)22-7-10-25-20(3)32-12-11-23(25)17-22/h5-10,17-19,32H,3-4,11-16H2,1-2H3,(H2,31,33). The van der Waals surface area contributed by atoms with E-state index in [1.54, 1.807) is 0 Å². The predicted octanol–water partition coefficient (Wildman–Crippen LogP) is 5.17. The van der Waals surface area contributed by atoms with Gasteiger partial charge in [0.1, 0.15) is 5.82 Å². The average molecular weight is 472 g/mol. The predicted molar refractivity (Wildman–Crippen MR) is 144 cm³/mol. The van der Waals surface area contributed by atoms with Crippen LogP contribution in [0.1, 0.15) is 31.4 Å². The molecular weight excluding hydrogens is 437 g/mol. The summed E-state index contributed by atoms with van der Waals surface area (Å²) in [4.78, 5) is 9.02. The summed E-state index contributed by atoms with van der Waals surface area (Å²) in [7, 11) is 0. The number of anilines is 2. The van der Waals surface area contributed by atoms with Gasteiger partial charge >= 0.3 is 0 Å². The van der Waals surface area contributed by atoms with Crippen molar-refractivity contribution in [2.75, 3.05) is 43.4 Å². The summed E-state index contributed by atoms with van der Waals surface area (Å²) >= 11 is 0. The number of nitrogen functional groups attached to an aromatic ring is 1. The molecule has 2 aliphatic rings. The maximum absolute atomic E-state index is 15.0. The van der Waals surface area contributed by atoms with Crippen LogP contribution in [0.25, 0.3) is 28.0 Å². The van der Waals surface area contributed by atoms with Crippen molar-refractivity contribution >= 4 is 17.2 Å². The number of fused-ring (bicyclic) bond motifs is 1. The summed E-state index contributed by atoms with van der Waals surface area (Å²) in [6.07, 6.45) is 2.06. The van der Waals surface area contributed by atoms with Crippen LogP contribution < -0.4 is 16.0 Å². The maximum atomic E-state index is 15.0. The molecule has 0 atom stereocenters. The van der Waals surface area contributed by atoms with Gasteiger partial charge in [0, 0.05) is 66.8 Å². The first kappa shape index (κ1) is 23.4. The number of halogens is 1. The Hall–Kier alpha value is -3.38. The number of hydrogen-bond donors (Lipinski definition) is 2. The van der Waals surface area contributed by atoms with Crippen LogP contribution in [-0.4, -0.2) is 48.6 Å². The van der Waals surface area contributed by atoms with Crippen molar-refractivity contribution in [1.82, 2.24) is 15.2 Å². The summed E-state index contributed by atoms with van der Waals surface area (Å²) in [5, 5.41) is 3.30. The Kier molecular flexibility index (Phi) is 6.48. The summed E-state index contributed by atoms with van der Waals surface area (Å²) in [5.74, 6) is -0.341. The van der Waals surface area contributed by atoms with Crippen LogP contribution >= 0.6 is 0 Å². The number of pyridine rings is 1. The Morgan fingerprint density at radius 2 is 1.71 bits per heavy atom. The van der Waals surface area contributed by atoms with Gasteiger partial charge in [0.25, 0.3) is 0 Å². The summed E-state index contributed by atoms with van der Waals surface area (Å²) in [5.41, 5.74) is 13.6. The molecule has 2 aliphatic heterocycles. The van der Waals surface area contributed by atoms with E-state index in [-0.39, 0.29) is 5.82 Å². The van der Waals surface area contributed by atoms with E-state index in [0.29, 0.717) is 11.6 Å². The Morgan fingerprint density at radius 3 is 2.49 bits per heavy atom. The molecule has 0 aliphatic carbocycles. The van der Waals surface area contributed by atoms with Crippen molar-refractivity contribution in [2.45, 2.75) is 32.7 Å². The highest BCUT2D eigenvalue weighted by Gasteiger charge is 2.19. The third kappa shape index (κ3) is 4.76. The van der Waals surface area contributed by atoms with Gasteiger partial charge in [-0.15, -0.1) is 0 Å². The molecular formula is C29H34FN5. The molecule has 0 radical (unpaired) electrons. The van der Waals surface area contributed by atoms with Crippen molar-refractivity contribution < 1.29 is 4.39 Å². The fraction of sp³-hybridized carbons (Fsp3) is 0.345. The van der Waals surface area contributed by atoms with Crippen LogP contribution in [0.15, 0.2) is 55.1 Å². The molecule has 5 rings (SSSR count). The van der Waals surface area contributed by atoms with Crippen molar-refractivity contribution in [3.05, 3.63) is 72.2 Å². The van der Waals surface area contributed by atoms with Crippen LogP contribution in [0.2, 0.25) is 0 Å². The van der Waals surface area contributed by atoms with E-state index in [1.807, 2.05) is 24.3 Å². The summed E-state index contributed by atoms with van der Waals surface area (Å²) in [6, 6.07) is 16.7. The van der Waals surface area contributed by atoms with Gasteiger partial charge in [-0.05, 0) is 61.6 Å². The second kappa shape index (κ2) is 9.70. The fourth-order valence-electron chi connectivity index (χ4n) is 5.21. The Balaban J connectivity index is 1.42. The molecule has 182 valence electrons. The molecule has 1 aromatic heterocycles. The Labute approximate surface area is 207 Å². The van der Waals surface area contributed by atoms with E-state index >= 15 is 0 Å². The van der Waals surface area contributed by atoms with E-state index in [2.05, 4.69) is 64.8 Å². The minimum Gasteiger partial charge on any atom is -0.385 e. The van der Waals surface area contributed by atoms with Crippen molar-refractivity contribution in [3.63, 3.8) is 0 Å².